The number of nitrogens with zero attached hydrogens (tertiary/aromatic N) is 3. The van der Waals surface area contributed by atoms with Gasteiger partial charge in [0, 0.05) is 24.0 Å². The molecule has 4 aromatic rings. The molecule has 0 radical (unpaired) electrons. The van der Waals surface area contributed by atoms with Crippen molar-refractivity contribution in [1.29, 1.82) is 0 Å². The van der Waals surface area contributed by atoms with Crippen molar-refractivity contribution in [2.24, 2.45) is 5.73 Å². The number of rotatable bonds is 4. The predicted octanol–water partition coefficient (Wildman–Crippen LogP) is 4.12. The number of benzene rings is 2. The van der Waals surface area contributed by atoms with Gasteiger partial charge >= 0.3 is 0 Å². The fourth-order valence-electron chi connectivity index (χ4n) is 3.09. The van der Waals surface area contributed by atoms with Crippen molar-refractivity contribution in [2.75, 3.05) is 0 Å². The number of hydrogen-bond acceptors (Lipinski definition) is 3. The molecule has 0 saturated carbocycles. The molecular weight excluding hydrogens is 393 g/mol. The lowest BCUT2D eigenvalue weighted by Crippen LogP contribution is -2.27. The number of hydrogen-bond donors (Lipinski definition) is 1. The van der Waals surface area contributed by atoms with E-state index in [1.54, 1.807) is 0 Å². The van der Waals surface area contributed by atoms with Crippen LogP contribution >= 0.6 is 24.8 Å². The Labute approximate surface area is 167 Å². The van der Waals surface area contributed by atoms with Gasteiger partial charge in [-0.25, -0.2) is 8.78 Å². The zero-order chi connectivity index (χ0) is 17.4. The average Bonchev–Trinajstić information content (AvgIpc) is 3.01. The number of nitrogens with two attached hydrogens (primary N) is 1. The fraction of sp³-hybridized carbons (Fsp3) is 0.158. The first kappa shape index (κ1) is 21.0. The van der Waals surface area contributed by atoms with Crippen molar-refractivity contribution < 1.29 is 8.78 Å². The number of fused-ring (bicyclic) bond motifs is 3. The highest BCUT2D eigenvalue weighted by Gasteiger charge is 2.15. The summed E-state index contributed by atoms with van der Waals surface area (Å²) in [6.45, 7) is 0. The van der Waals surface area contributed by atoms with E-state index >= 15 is 0 Å². The minimum atomic E-state index is -0.469. The van der Waals surface area contributed by atoms with E-state index in [0.29, 0.717) is 12.2 Å². The molecule has 4 nitrogen and oxygen atoms in total. The van der Waals surface area contributed by atoms with E-state index in [1.165, 1.54) is 6.07 Å². The Balaban J connectivity index is 0.00000131. The minimum absolute atomic E-state index is 0. The van der Waals surface area contributed by atoms with Gasteiger partial charge in [0.1, 0.15) is 17.5 Å². The topological polar surface area (TPSA) is 56.2 Å². The molecule has 0 aliphatic carbocycles. The molecule has 4 rings (SSSR count). The summed E-state index contributed by atoms with van der Waals surface area (Å²) < 4.78 is 29.0. The third kappa shape index (κ3) is 4.18. The van der Waals surface area contributed by atoms with Gasteiger partial charge in [0.2, 0.25) is 0 Å². The maximum absolute atomic E-state index is 13.8. The molecule has 8 heteroatoms. The largest absolute Gasteiger partial charge is 0.327 e. The number of halogens is 4. The second kappa shape index (κ2) is 8.61. The van der Waals surface area contributed by atoms with Crippen molar-refractivity contribution in [3.8, 4) is 0 Å². The SMILES string of the molecule is Cl.Cl.N[C@H](Cc1cc(F)ccc1F)Cc1nnc2c3ccccc3ccn12. The van der Waals surface area contributed by atoms with Crippen LogP contribution < -0.4 is 5.73 Å². The summed E-state index contributed by atoms with van der Waals surface area (Å²) in [6, 6.07) is 12.9. The zero-order valence-electron chi connectivity index (χ0n) is 14.2. The zero-order valence-corrected chi connectivity index (χ0v) is 15.8. The first-order valence-electron chi connectivity index (χ1n) is 8.02. The van der Waals surface area contributed by atoms with Crippen LogP contribution in [0.1, 0.15) is 11.4 Å². The van der Waals surface area contributed by atoms with Crippen molar-refractivity contribution in [2.45, 2.75) is 18.9 Å². The molecule has 0 saturated heterocycles. The molecule has 0 fully saturated rings. The molecule has 0 unspecified atom stereocenters. The second-order valence-electron chi connectivity index (χ2n) is 6.12. The highest BCUT2D eigenvalue weighted by Crippen LogP contribution is 2.20. The monoisotopic (exact) mass is 410 g/mol. The summed E-state index contributed by atoms with van der Waals surface area (Å²) in [5.41, 5.74) is 7.18. The van der Waals surface area contributed by atoms with Gasteiger partial charge in [-0.1, -0.05) is 24.3 Å². The van der Waals surface area contributed by atoms with Crippen LogP contribution in [0.2, 0.25) is 0 Å². The summed E-state index contributed by atoms with van der Waals surface area (Å²) in [5.74, 6) is -0.220. The third-order valence-corrected chi connectivity index (χ3v) is 4.31. The van der Waals surface area contributed by atoms with Gasteiger partial charge in [-0.2, -0.15) is 0 Å². The smallest absolute Gasteiger partial charge is 0.168 e. The molecule has 1 atom stereocenters. The van der Waals surface area contributed by atoms with E-state index in [9.17, 15) is 8.78 Å². The quantitative estimate of drug-likeness (QED) is 0.550. The van der Waals surface area contributed by atoms with Gasteiger partial charge in [0.15, 0.2) is 5.65 Å². The molecule has 0 aliphatic heterocycles. The fourth-order valence-corrected chi connectivity index (χ4v) is 3.09. The Hall–Kier alpha value is -2.28. The van der Waals surface area contributed by atoms with Crippen LogP contribution in [-0.2, 0) is 12.8 Å². The van der Waals surface area contributed by atoms with Crippen LogP contribution in [0, 0.1) is 11.6 Å². The standard InChI is InChI=1S/C19H16F2N4.2ClH/c20-14-5-6-17(21)13(9-14)10-15(22)11-18-23-24-19-16-4-2-1-3-12(16)7-8-25(18)19;;/h1-9,15H,10-11,22H2;2*1H/t15-;;/m1../s1. The Morgan fingerprint density at radius 2 is 1.74 bits per heavy atom. The molecule has 142 valence electrons. The molecule has 0 aliphatic rings. The van der Waals surface area contributed by atoms with Crippen LogP contribution in [0.15, 0.2) is 54.7 Å². The van der Waals surface area contributed by atoms with Gasteiger partial charge in [0.25, 0.3) is 0 Å². The molecule has 2 aromatic heterocycles. The Bertz CT molecular complexity index is 1070. The second-order valence-corrected chi connectivity index (χ2v) is 6.12. The van der Waals surface area contributed by atoms with E-state index in [1.807, 2.05) is 40.9 Å². The Kier molecular flexibility index (Phi) is 6.70. The number of aromatic nitrogens is 3. The first-order valence-corrected chi connectivity index (χ1v) is 8.02. The summed E-state index contributed by atoms with van der Waals surface area (Å²) in [4.78, 5) is 0. The van der Waals surface area contributed by atoms with Gasteiger partial charge in [-0.15, -0.1) is 35.0 Å². The third-order valence-electron chi connectivity index (χ3n) is 4.31. The molecule has 0 bridgehead atoms. The normalized spacial score (nSPS) is 11.8. The highest BCUT2D eigenvalue weighted by atomic mass is 35.5. The van der Waals surface area contributed by atoms with E-state index in [-0.39, 0.29) is 36.8 Å². The van der Waals surface area contributed by atoms with E-state index < -0.39 is 17.7 Å². The Morgan fingerprint density at radius 1 is 0.963 bits per heavy atom. The molecule has 2 N–H and O–H groups in total. The lowest BCUT2D eigenvalue weighted by molar-refractivity contribution is 0.561. The molecular formula is C19H18Cl2F2N4. The van der Waals surface area contributed by atoms with Crippen LogP contribution in [0.3, 0.4) is 0 Å². The lowest BCUT2D eigenvalue weighted by Gasteiger charge is -2.11. The summed E-state index contributed by atoms with van der Waals surface area (Å²) in [6.07, 6.45) is 2.55. The van der Waals surface area contributed by atoms with Crippen molar-refractivity contribution >= 4 is 41.2 Å². The average molecular weight is 411 g/mol. The molecule has 2 heterocycles. The van der Waals surface area contributed by atoms with E-state index in [4.69, 9.17) is 5.73 Å². The van der Waals surface area contributed by atoms with Gasteiger partial charge in [0.05, 0.1) is 0 Å². The first-order chi connectivity index (χ1) is 12.1. The number of pyridine rings is 1. The van der Waals surface area contributed by atoms with Crippen molar-refractivity contribution in [1.82, 2.24) is 14.6 Å². The van der Waals surface area contributed by atoms with E-state index in [0.717, 1.165) is 28.6 Å². The molecule has 0 spiro atoms. The van der Waals surface area contributed by atoms with E-state index in [2.05, 4.69) is 10.2 Å². The van der Waals surface area contributed by atoms with Gasteiger partial charge < -0.3 is 5.73 Å². The van der Waals surface area contributed by atoms with Crippen LogP contribution in [-0.4, -0.2) is 20.6 Å². The van der Waals surface area contributed by atoms with Crippen LogP contribution in [0.4, 0.5) is 8.78 Å². The molecule has 27 heavy (non-hydrogen) atoms. The summed E-state index contributed by atoms with van der Waals surface area (Å²) in [7, 11) is 0. The van der Waals surface area contributed by atoms with Crippen molar-refractivity contribution in [3.63, 3.8) is 0 Å². The van der Waals surface area contributed by atoms with Gasteiger partial charge in [-0.3, -0.25) is 4.40 Å². The molecule has 2 aromatic carbocycles. The van der Waals surface area contributed by atoms with Crippen molar-refractivity contribution in [3.05, 3.63) is 77.8 Å². The molecule has 0 amide bonds. The minimum Gasteiger partial charge on any atom is -0.327 e. The summed E-state index contributed by atoms with van der Waals surface area (Å²) >= 11 is 0. The Morgan fingerprint density at radius 3 is 2.56 bits per heavy atom. The van der Waals surface area contributed by atoms with Crippen LogP contribution in [0.5, 0.6) is 0 Å². The predicted molar refractivity (Wildman–Crippen MR) is 107 cm³/mol. The maximum Gasteiger partial charge on any atom is 0.168 e. The maximum atomic E-state index is 13.8. The van der Waals surface area contributed by atoms with Crippen LogP contribution in [0.25, 0.3) is 16.4 Å². The summed E-state index contributed by atoms with van der Waals surface area (Å²) in [5, 5.41) is 10.6. The highest BCUT2D eigenvalue weighted by molar-refractivity contribution is 5.93. The van der Waals surface area contributed by atoms with Gasteiger partial charge in [-0.05, 0) is 41.6 Å². The lowest BCUT2D eigenvalue weighted by atomic mass is 10.0.